The molecule has 0 aromatic heterocycles. The van der Waals surface area contributed by atoms with Gasteiger partial charge in [-0.15, -0.1) is 0 Å². The number of benzene rings is 1. The van der Waals surface area contributed by atoms with E-state index in [-0.39, 0.29) is 22.4 Å². The van der Waals surface area contributed by atoms with Gasteiger partial charge in [-0.25, -0.2) is 0 Å². The molecular weight excluding hydrogens is 289 g/mol. The average molecular weight is 297 g/mol. The van der Waals surface area contributed by atoms with Gasteiger partial charge in [0.15, 0.2) is 5.78 Å². The van der Waals surface area contributed by atoms with Crippen LogP contribution in [0.25, 0.3) is 0 Å². The molecule has 16 heavy (non-hydrogen) atoms. The molecule has 0 amide bonds. The zero-order chi connectivity index (χ0) is 12.3. The Labute approximate surface area is 98.5 Å². The van der Waals surface area contributed by atoms with Gasteiger partial charge in [-0.3, -0.25) is 4.79 Å². The Morgan fingerprint density at radius 2 is 2.06 bits per heavy atom. The zero-order valence-electron chi connectivity index (χ0n) is 8.27. The lowest BCUT2D eigenvalue weighted by atomic mass is 10.1. The Morgan fingerprint density at radius 1 is 1.44 bits per heavy atom. The van der Waals surface area contributed by atoms with Gasteiger partial charge in [0.2, 0.25) is 0 Å². The van der Waals surface area contributed by atoms with Crippen LogP contribution in [0.1, 0.15) is 15.9 Å². The van der Waals surface area contributed by atoms with E-state index in [1.807, 2.05) is 0 Å². The molecule has 88 valence electrons. The molecule has 0 radical (unpaired) electrons. The first-order chi connectivity index (χ1) is 7.40. The van der Waals surface area contributed by atoms with E-state index in [0.717, 1.165) is 25.3 Å². The summed E-state index contributed by atoms with van der Waals surface area (Å²) >= 11 is 2.94. The smallest absolute Gasteiger partial charge is 0.419 e. The van der Waals surface area contributed by atoms with Crippen molar-refractivity contribution in [2.75, 3.05) is 12.4 Å². The maximum absolute atomic E-state index is 12.5. The summed E-state index contributed by atoms with van der Waals surface area (Å²) in [6, 6.07) is 3.07. The molecule has 1 rings (SSSR count). The lowest BCUT2D eigenvalue weighted by Gasteiger charge is -2.12. The molecule has 0 spiro atoms. The lowest BCUT2D eigenvalue weighted by Crippen LogP contribution is -2.09. The molecule has 0 bridgehead atoms. The predicted octanol–water partition coefficient (Wildman–Crippen LogP) is 3.29. The maximum atomic E-state index is 12.5. The molecule has 0 aliphatic carbocycles. The van der Waals surface area contributed by atoms with E-state index in [1.165, 1.54) is 0 Å². The van der Waals surface area contributed by atoms with Crippen LogP contribution in [0.15, 0.2) is 18.2 Å². The van der Waals surface area contributed by atoms with Crippen molar-refractivity contribution in [1.82, 2.24) is 0 Å². The molecule has 1 aromatic carbocycles. The highest BCUT2D eigenvalue weighted by Crippen LogP contribution is 2.36. The molecular formula is C10H8BrF3O2. The molecule has 0 heterocycles. The second-order valence-corrected chi connectivity index (χ2v) is 3.53. The predicted molar refractivity (Wildman–Crippen MR) is 56.1 cm³/mol. The van der Waals surface area contributed by atoms with Gasteiger partial charge in [-0.05, 0) is 12.1 Å². The van der Waals surface area contributed by atoms with E-state index in [2.05, 4.69) is 20.7 Å². The first-order valence-electron chi connectivity index (χ1n) is 4.24. The van der Waals surface area contributed by atoms with E-state index in [4.69, 9.17) is 0 Å². The second-order valence-electron chi connectivity index (χ2n) is 2.97. The van der Waals surface area contributed by atoms with Gasteiger partial charge < -0.3 is 4.74 Å². The molecule has 0 saturated heterocycles. The number of carbonyl (C=O) groups is 1. The largest absolute Gasteiger partial charge is 0.496 e. The lowest BCUT2D eigenvalue weighted by molar-refractivity contribution is -0.138. The van der Waals surface area contributed by atoms with E-state index in [9.17, 15) is 18.0 Å². The number of ketones is 1. The van der Waals surface area contributed by atoms with Gasteiger partial charge in [0.25, 0.3) is 0 Å². The Bertz CT molecular complexity index is 402. The first-order valence-corrected chi connectivity index (χ1v) is 5.36. The highest BCUT2D eigenvalue weighted by molar-refractivity contribution is 9.09. The molecule has 0 aliphatic rings. The van der Waals surface area contributed by atoms with Crippen molar-refractivity contribution in [3.05, 3.63) is 29.3 Å². The minimum atomic E-state index is -4.48. The van der Waals surface area contributed by atoms with E-state index in [0.29, 0.717) is 0 Å². The Kier molecular flexibility index (Phi) is 3.96. The molecule has 0 aliphatic heterocycles. The standard InChI is InChI=1S/C10H8BrF3O2/c1-16-9-4-6(8(15)5-11)2-3-7(9)10(12,13)14/h2-4H,5H2,1H3. The minimum absolute atomic E-state index is 0.0571. The third-order valence-corrected chi connectivity index (χ3v) is 2.46. The number of hydrogen-bond acceptors (Lipinski definition) is 2. The summed E-state index contributed by atoms with van der Waals surface area (Å²) in [6.45, 7) is 0. The zero-order valence-corrected chi connectivity index (χ0v) is 9.85. The van der Waals surface area contributed by atoms with Crippen LogP contribution in [-0.2, 0) is 6.18 Å². The Morgan fingerprint density at radius 3 is 2.50 bits per heavy atom. The monoisotopic (exact) mass is 296 g/mol. The fourth-order valence-corrected chi connectivity index (χ4v) is 1.50. The second kappa shape index (κ2) is 4.86. The van der Waals surface area contributed by atoms with E-state index < -0.39 is 11.7 Å². The van der Waals surface area contributed by atoms with Crippen LogP contribution in [0.4, 0.5) is 13.2 Å². The number of carbonyl (C=O) groups excluding carboxylic acids is 1. The van der Waals surface area contributed by atoms with Gasteiger partial charge in [-0.2, -0.15) is 13.2 Å². The van der Waals surface area contributed by atoms with Crippen molar-refractivity contribution in [2.24, 2.45) is 0 Å². The van der Waals surface area contributed by atoms with Crippen LogP contribution in [0, 0.1) is 0 Å². The highest BCUT2D eigenvalue weighted by Gasteiger charge is 2.34. The molecule has 2 nitrogen and oxygen atoms in total. The summed E-state index contributed by atoms with van der Waals surface area (Å²) in [4.78, 5) is 11.3. The van der Waals surface area contributed by atoms with E-state index >= 15 is 0 Å². The number of Topliss-reactive ketones (excluding diaryl/α,β-unsaturated/α-hetero) is 1. The molecule has 0 unspecified atom stereocenters. The third-order valence-electron chi connectivity index (χ3n) is 1.95. The number of hydrogen-bond donors (Lipinski definition) is 0. The molecule has 0 atom stereocenters. The summed E-state index contributed by atoms with van der Waals surface area (Å²) in [7, 11) is 1.13. The van der Waals surface area contributed by atoms with Crippen LogP contribution in [0.3, 0.4) is 0 Å². The summed E-state index contributed by atoms with van der Waals surface area (Å²) in [5, 5.41) is 0.0571. The number of rotatable bonds is 3. The van der Waals surface area contributed by atoms with Gasteiger partial charge in [0, 0.05) is 5.56 Å². The van der Waals surface area contributed by atoms with Gasteiger partial charge >= 0.3 is 6.18 Å². The third kappa shape index (κ3) is 2.75. The first kappa shape index (κ1) is 13.0. The summed E-state index contributed by atoms with van der Waals surface area (Å²) in [6.07, 6.45) is -4.48. The van der Waals surface area contributed by atoms with Crippen LogP contribution in [0.2, 0.25) is 0 Å². The quantitative estimate of drug-likeness (QED) is 0.632. The van der Waals surface area contributed by atoms with Crippen LogP contribution in [-0.4, -0.2) is 18.2 Å². The molecule has 0 saturated carbocycles. The van der Waals surface area contributed by atoms with Crippen LogP contribution in [0.5, 0.6) is 5.75 Å². The van der Waals surface area contributed by atoms with Crippen molar-refractivity contribution in [1.29, 1.82) is 0 Å². The number of alkyl halides is 4. The van der Waals surface area contributed by atoms with Crippen LogP contribution >= 0.6 is 15.9 Å². The van der Waals surface area contributed by atoms with Crippen molar-refractivity contribution in [3.8, 4) is 5.75 Å². The average Bonchev–Trinajstić information content (AvgIpc) is 2.25. The number of ether oxygens (including phenoxy) is 1. The Balaban J connectivity index is 3.22. The normalized spacial score (nSPS) is 11.3. The minimum Gasteiger partial charge on any atom is -0.496 e. The Hall–Kier alpha value is -1.04. The SMILES string of the molecule is COc1cc(C(=O)CBr)ccc1C(F)(F)F. The summed E-state index contributed by atoms with van der Waals surface area (Å²) < 4.78 is 42.0. The van der Waals surface area contributed by atoms with Crippen molar-refractivity contribution in [3.63, 3.8) is 0 Å². The summed E-state index contributed by atoms with van der Waals surface area (Å²) in [5.74, 6) is -0.647. The highest BCUT2D eigenvalue weighted by atomic mass is 79.9. The van der Waals surface area contributed by atoms with Crippen LogP contribution < -0.4 is 4.74 Å². The maximum Gasteiger partial charge on any atom is 0.419 e. The van der Waals surface area contributed by atoms with Gasteiger partial charge in [-0.1, -0.05) is 22.0 Å². The fourth-order valence-electron chi connectivity index (χ4n) is 1.18. The molecule has 0 fully saturated rings. The van der Waals surface area contributed by atoms with Crippen molar-refractivity contribution in [2.45, 2.75) is 6.18 Å². The molecule has 0 N–H and O–H groups in total. The van der Waals surface area contributed by atoms with Crippen molar-refractivity contribution >= 4 is 21.7 Å². The van der Waals surface area contributed by atoms with Crippen molar-refractivity contribution < 1.29 is 22.7 Å². The number of halogens is 4. The molecule has 1 aromatic rings. The molecule has 6 heteroatoms. The fraction of sp³-hybridized carbons (Fsp3) is 0.300. The van der Waals surface area contributed by atoms with E-state index in [1.54, 1.807) is 0 Å². The topological polar surface area (TPSA) is 26.3 Å². The van der Waals surface area contributed by atoms with Gasteiger partial charge in [0.05, 0.1) is 18.0 Å². The van der Waals surface area contributed by atoms with Gasteiger partial charge in [0.1, 0.15) is 5.75 Å². The number of methoxy groups -OCH3 is 1. The summed E-state index contributed by atoms with van der Waals surface area (Å²) in [5.41, 5.74) is -0.706.